The molecule has 0 bridgehead atoms. The lowest BCUT2D eigenvalue weighted by Gasteiger charge is -2.38. The molecule has 1 saturated heterocycles. The van der Waals surface area contributed by atoms with Crippen LogP contribution in [0.25, 0.3) is 0 Å². The molecule has 0 saturated carbocycles. The molecule has 3 amide bonds. The van der Waals surface area contributed by atoms with Crippen molar-refractivity contribution in [1.82, 2.24) is 10.2 Å². The minimum Gasteiger partial charge on any atom is -0.368 e. The quantitative estimate of drug-likeness (QED) is 0.628. The molecule has 0 spiro atoms. The smallest absolute Gasteiger partial charge is 0.318 e. The topological polar surface area (TPSA) is 75.4 Å². The molecule has 5 heteroatoms. The summed E-state index contributed by atoms with van der Waals surface area (Å²) >= 11 is 0. The average molecular weight is 199 g/mol. The van der Waals surface area contributed by atoms with Crippen molar-refractivity contribution < 1.29 is 9.59 Å². The van der Waals surface area contributed by atoms with Gasteiger partial charge < -0.3 is 16.0 Å². The number of primary amides is 1. The van der Waals surface area contributed by atoms with Crippen LogP contribution in [0.1, 0.15) is 26.2 Å². The SMILES string of the molecule is CCCCNC(=O)N1CCC1C(N)=O. The summed E-state index contributed by atoms with van der Waals surface area (Å²) in [6.45, 7) is 3.35. The van der Waals surface area contributed by atoms with Gasteiger partial charge in [-0.05, 0) is 12.8 Å². The maximum atomic E-state index is 11.4. The van der Waals surface area contributed by atoms with Gasteiger partial charge in [-0.15, -0.1) is 0 Å². The third-order valence-electron chi connectivity index (χ3n) is 2.42. The van der Waals surface area contributed by atoms with Crippen LogP contribution in [0, 0.1) is 0 Å². The van der Waals surface area contributed by atoms with E-state index in [-0.39, 0.29) is 6.03 Å². The van der Waals surface area contributed by atoms with Crippen LogP contribution >= 0.6 is 0 Å². The summed E-state index contributed by atoms with van der Waals surface area (Å²) in [6.07, 6.45) is 2.69. The van der Waals surface area contributed by atoms with E-state index in [1.807, 2.05) is 0 Å². The molecule has 0 aliphatic carbocycles. The van der Waals surface area contributed by atoms with Gasteiger partial charge in [0, 0.05) is 13.1 Å². The van der Waals surface area contributed by atoms with E-state index in [1.54, 1.807) is 0 Å². The number of urea groups is 1. The number of hydrogen-bond donors (Lipinski definition) is 2. The summed E-state index contributed by atoms with van der Waals surface area (Å²) in [5.41, 5.74) is 5.12. The normalized spacial score (nSPS) is 20.1. The molecular formula is C9H17N3O2. The molecule has 1 aliphatic heterocycles. The number of unbranched alkanes of at least 4 members (excludes halogenated alkanes) is 1. The van der Waals surface area contributed by atoms with Crippen molar-refractivity contribution in [3.8, 4) is 0 Å². The summed E-state index contributed by atoms with van der Waals surface area (Å²) < 4.78 is 0. The van der Waals surface area contributed by atoms with Gasteiger partial charge >= 0.3 is 6.03 Å². The van der Waals surface area contributed by atoms with E-state index in [4.69, 9.17) is 5.73 Å². The minimum atomic E-state index is -0.415. The minimum absolute atomic E-state index is 0.173. The van der Waals surface area contributed by atoms with Crippen LogP contribution in [0.2, 0.25) is 0 Å². The van der Waals surface area contributed by atoms with Crippen molar-refractivity contribution in [3.63, 3.8) is 0 Å². The molecule has 0 aromatic heterocycles. The Labute approximate surface area is 83.6 Å². The third kappa shape index (κ3) is 2.37. The lowest BCUT2D eigenvalue weighted by Crippen LogP contribution is -2.59. The summed E-state index contributed by atoms with van der Waals surface area (Å²) in [4.78, 5) is 23.7. The maximum absolute atomic E-state index is 11.4. The second-order valence-electron chi connectivity index (χ2n) is 3.49. The highest BCUT2D eigenvalue weighted by molar-refractivity contribution is 5.87. The molecule has 14 heavy (non-hydrogen) atoms. The van der Waals surface area contributed by atoms with Gasteiger partial charge in [0.2, 0.25) is 5.91 Å². The van der Waals surface area contributed by atoms with Gasteiger partial charge in [-0.2, -0.15) is 0 Å². The van der Waals surface area contributed by atoms with E-state index in [0.717, 1.165) is 12.8 Å². The Balaban J connectivity index is 2.27. The molecule has 0 aromatic rings. The van der Waals surface area contributed by atoms with Gasteiger partial charge in [-0.3, -0.25) is 4.79 Å². The molecule has 1 unspecified atom stereocenters. The second kappa shape index (κ2) is 4.83. The molecule has 1 heterocycles. The number of rotatable bonds is 4. The number of amides is 3. The Morgan fingerprint density at radius 2 is 2.29 bits per heavy atom. The maximum Gasteiger partial charge on any atom is 0.318 e. The van der Waals surface area contributed by atoms with Crippen molar-refractivity contribution in [3.05, 3.63) is 0 Å². The van der Waals surface area contributed by atoms with E-state index in [0.29, 0.717) is 19.5 Å². The largest absolute Gasteiger partial charge is 0.368 e. The molecule has 1 atom stereocenters. The number of hydrogen-bond acceptors (Lipinski definition) is 2. The third-order valence-corrected chi connectivity index (χ3v) is 2.42. The van der Waals surface area contributed by atoms with Crippen LogP contribution in [-0.2, 0) is 4.79 Å². The van der Waals surface area contributed by atoms with Crippen LogP contribution in [0.15, 0.2) is 0 Å². The predicted molar refractivity (Wildman–Crippen MR) is 52.6 cm³/mol. The van der Waals surface area contributed by atoms with Crippen molar-refractivity contribution >= 4 is 11.9 Å². The summed E-state index contributed by atoms with van der Waals surface area (Å²) in [5.74, 6) is -0.415. The zero-order valence-corrected chi connectivity index (χ0v) is 8.45. The number of nitrogens with two attached hydrogens (primary N) is 1. The second-order valence-corrected chi connectivity index (χ2v) is 3.49. The highest BCUT2D eigenvalue weighted by Gasteiger charge is 2.35. The predicted octanol–water partition coefficient (Wildman–Crippen LogP) is 0.0557. The van der Waals surface area contributed by atoms with E-state index in [2.05, 4.69) is 12.2 Å². The summed E-state index contributed by atoms with van der Waals surface area (Å²) in [5, 5.41) is 2.75. The molecule has 1 rings (SSSR count). The van der Waals surface area contributed by atoms with Gasteiger partial charge in [0.05, 0.1) is 0 Å². The number of carbonyl (C=O) groups is 2. The molecule has 1 fully saturated rings. The number of nitrogens with one attached hydrogen (secondary N) is 1. The monoisotopic (exact) mass is 199 g/mol. The van der Waals surface area contributed by atoms with Crippen molar-refractivity contribution in [2.45, 2.75) is 32.2 Å². The molecule has 0 aromatic carbocycles. The Morgan fingerprint density at radius 3 is 2.71 bits per heavy atom. The van der Waals surface area contributed by atoms with Crippen LogP contribution < -0.4 is 11.1 Å². The highest BCUT2D eigenvalue weighted by Crippen LogP contribution is 2.16. The van der Waals surface area contributed by atoms with Crippen LogP contribution in [0.5, 0.6) is 0 Å². The number of likely N-dealkylation sites (tertiary alicyclic amines) is 1. The van der Waals surface area contributed by atoms with Crippen LogP contribution in [-0.4, -0.2) is 36.0 Å². The average Bonchev–Trinajstić information content (AvgIpc) is 2.01. The first-order chi connectivity index (χ1) is 6.66. The first kappa shape index (κ1) is 10.8. The van der Waals surface area contributed by atoms with Crippen molar-refractivity contribution in [2.24, 2.45) is 5.73 Å². The first-order valence-corrected chi connectivity index (χ1v) is 5.00. The van der Waals surface area contributed by atoms with Crippen molar-refractivity contribution in [2.75, 3.05) is 13.1 Å². The molecule has 3 N–H and O–H groups in total. The fraction of sp³-hybridized carbons (Fsp3) is 0.778. The van der Waals surface area contributed by atoms with Gasteiger partial charge in [0.25, 0.3) is 0 Å². The lowest BCUT2D eigenvalue weighted by atomic mass is 10.0. The number of nitrogens with zero attached hydrogens (tertiary/aromatic N) is 1. The molecule has 0 radical (unpaired) electrons. The molecular weight excluding hydrogens is 182 g/mol. The standard InChI is InChI=1S/C9H17N3O2/c1-2-3-5-11-9(14)12-6-4-7(12)8(10)13/h7H,2-6H2,1H3,(H2,10,13)(H,11,14). The van der Waals surface area contributed by atoms with Gasteiger partial charge in [0.1, 0.15) is 6.04 Å². The Bertz CT molecular complexity index is 230. The molecule has 5 nitrogen and oxygen atoms in total. The van der Waals surface area contributed by atoms with E-state index in [1.165, 1.54) is 4.90 Å². The summed E-state index contributed by atoms with van der Waals surface area (Å²) in [7, 11) is 0. The van der Waals surface area contributed by atoms with Crippen LogP contribution in [0.3, 0.4) is 0 Å². The first-order valence-electron chi connectivity index (χ1n) is 5.00. The Hall–Kier alpha value is -1.26. The van der Waals surface area contributed by atoms with Gasteiger partial charge in [0.15, 0.2) is 0 Å². The Morgan fingerprint density at radius 1 is 1.57 bits per heavy atom. The van der Waals surface area contributed by atoms with Gasteiger partial charge in [-0.1, -0.05) is 13.3 Å². The molecule has 1 aliphatic rings. The zero-order chi connectivity index (χ0) is 10.6. The van der Waals surface area contributed by atoms with Crippen LogP contribution in [0.4, 0.5) is 4.79 Å². The highest BCUT2D eigenvalue weighted by atomic mass is 16.2. The lowest BCUT2D eigenvalue weighted by molar-refractivity contribution is -0.125. The fourth-order valence-electron chi connectivity index (χ4n) is 1.40. The summed E-state index contributed by atoms with van der Waals surface area (Å²) in [6, 6.07) is -0.565. The number of carbonyl (C=O) groups excluding carboxylic acids is 2. The van der Waals surface area contributed by atoms with E-state index >= 15 is 0 Å². The van der Waals surface area contributed by atoms with Gasteiger partial charge in [-0.25, -0.2) is 4.79 Å². The van der Waals surface area contributed by atoms with E-state index in [9.17, 15) is 9.59 Å². The zero-order valence-electron chi connectivity index (χ0n) is 8.45. The molecule has 80 valence electrons. The van der Waals surface area contributed by atoms with E-state index < -0.39 is 11.9 Å². The van der Waals surface area contributed by atoms with Crippen molar-refractivity contribution in [1.29, 1.82) is 0 Å². The Kier molecular flexibility index (Phi) is 3.73. The fourth-order valence-corrected chi connectivity index (χ4v) is 1.40.